The van der Waals surface area contributed by atoms with E-state index in [9.17, 15) is 4.79 Å². The van der Waals surface area contributed by atoms with Gasteiger partial charge in [-0.25, -0.2) is 9.67 Å². The Labute approximate surface area is 170 Å². The summed E-state index contributed by atoms with van der Waals surface area (Å²) in [4.78, 5) is 19.1. The van der Waals surface area contributed by atoms with Gasteiger partial charge in [-0.2, -0.15) is 5.10 Å². The topological polar surface area (TPSA) is 57.0 Å². The molecule has 0 atom stereocenters. The normalized spacial score (nSPS) is 10.9. The van der Waals surface area contributed by atoms with E-state index in [1.54, 1.807) is 23.5 Å². The van der Waals surface area contributed by atoms with Crippen molar-refractivity contribution in [3.05, 3.63) is 85.4 Å². The molecule has 4 rings (SSSR count). The van der Waals surface area contributed by atoms with E-state index in [2.05, 4.69) is 23.1 Å². The van der Waals surface area contributed by atoms with Gasteiger partial charge in [0.25, 0.3) is 5.56 Å². The third-order valence-corrected chi connectivity index (χ3v) is 6.05. The fourth-order valence-corrected chi connectivity index (χ4v) is 4.22. The SMILES string of the molecule is Cc1ccc(OCc2nc(Cn3nc(-c4ccc(C)s4)ccc3=O)cs2)cc1. The number of aryl methyl sites for hydroxylation is 2. The van der Waals surface area contributed by atoms with Crippen LogP contribution >= 0.6 is 22.7 Å². The first-order valence-corrected chi connectivity index (χ1v) is 10.5. The van der Waals surface area contributed by atoms with E-state index in [0.717, 1.165) is 27.0 Å². The van der Waals surface area contributed by atoms with Gasteiger partial charge in [-0.15, -0.1) is 22.7 Å². The first kappa shape index (κ1) is 18.6. The first-order valence-electron chi connectivity index (χ1n) is 8.84. The number of nitrogens with zero attached hydrogens (tertiary/aromatic N) is 3. The number of aromatic nitrogens is 3. The summed E-state index contributed by atoms with van der Waals surface area (Å²) < 4.78 is 7.24. The minimum Gasteiger partial charge on any atom is -0.486 e. The molecule has 7 heteroatoms. The van der Waals surface area contributed by atoms with Crippen LogP contribution in [0.4, 0.5) is 0 Å². The van der Waals surface area contributed by atoms with Crippen LogP contribution in [0.3, 0.4) is 0 Å². The third kappa shape index (κ3) is 4.37. The molecule has 5 nitrogen and oxygen atoms in total. The number of thiazole rings is 1. The number of benzene rings is 1. The standard InChI is InChI=1S/C21H19N3O2S2/c1-14-3-6-17(7-4-14)26-12-20-22-16(13-27-20)11-24-21(25)10-8-18(23-24)19-9-5-15(2)28-19/h3-10,13H,11-12H2,1-2H3. The van der Waals surface area contributed by atoms with Gasteiger partial charge in [0.05, 0.1) is 17.1 Å². The lowest BCUT2D eigenvalue weighted by Crippen LogP contribution is -2.22. The molecule has 0 radical (unpaired) electrons. The Bertz CT molecular complexity index is 1140. The van der Waals surface area contributed by atoms with Crippen LogP contribution in [0.1, 0.15) is 21.1 Å². The van der Waals surface area contributed by atoms with Crippen LogP contribution in [0.5, 0.6) is 5.75 Å². The molecular weight excluding hydrogens is 390 g/mol. The molecule has 0 unspecified atom stereocenters. The molecule has 0 bridgehead atoms. The molecule has 3 heterocycles. The van der Waals surface area contributed by atoms with E-state index < -0.39 is 0 Å². The van der Waals surface area contributed by atoms with Gasteiger partial charge in [0.1, 0.15) is 23.1 Å². The second kappa shape index (κ2) is 8.08. The maximum absolute atomic E-state index is 12.2. The molecule has 4 aromatic rings. The Morgan fingerprint density at radius 1 is 1.04 bits per heavy atom. The van der Waals surface area contributed by atoms with Crippen LogP contribution in [0.15, 0.2) is 58.7 Å². The number of ether oxygens (including phenoxy) is 1. The smallest absolute Gasteiger partial charge is 0.267 e. The highest BCUT2D eigenvalue weighted by atomic mass is 32.1. The number of hydrogen-bond acceptors (Lipinski definition) is 6. The minimum atomic E-state index is -0.137. The van der Waals surface area contributed by atoms with Crippen molar-refractivity contribution >= 4 is 22.7 Å². The van der Waals surface area contributed by atoms with Gasteiger partial charge in [0.2, 0.25) is 0 Å². The molecule has 3 aromatic heterocycles. The molecule has 0 aliphatic rings. The van der Waals surface area contributed by atoms with E-state index in [0.29, 0.717) is 13.2 Å². The van der Waals surface area contributed by atoms with E-state index in [4.69, 9.17) is 4.74 Å². The zero-order valence-corrected chi connectivity index (χ0v) is 17.2. The fraction of sp³-hybridized carbons (Fsp3) is 0.190. The summed E-state index contributed by atoms with van der Waals surface area (Å²) in [5.41, 5.74) is 2.67. The highest BCUT2D eigenvalue weighted by molar-refractivity contribution is 7.15. The molecule has 1 aromatic carbocycles. The van der Waals surface area contributed by atoms with Crippen LogP contribution in [0.2, 0.25) is 0 Å². The quantitative estimate of drug-likeness (QED) is 0.464. The van der Waals surface area contributed by atoms with E-state index in [1.807, 2.05) is 42.6 Å². The van der Waals surface area contributed by atoms with Gasteiger partial charge < -0.3 is 4.74 Å². The predicted molar refractivity (Wildman–Crippen MR) is 113 cm³/mol. The average Bonchev–Trinajstić information content (AvgIpc) is 3.32. The van der Waals surface area contributed by atoms with Crippen molar-refractivity contribution in [2.75, 3.05) is 0 Å². The summed E-state index contributed by atoms with van der Waals surface area (Å²) >= 11 is 3.19. The Morgan fingerprint density at radius 3 is 2.61 bits per heavy atom. The first-order chi connectivity index (χ1) is 13.6. The van der Waals surface area contributed by atoms with Crippen molar-refractivity contribution in [2.24, 2.45) is 0 Å². The van der Waals surface area contributed by atoms with Crippen molar-refractivity contribution in [1.82, 2.24) is 14.8 Å². The summed E-state index contributed by atoms with van der Waals surface area (Å²) in [6.07, 6.45) is 0. The number of hydrogen-bond donors (Lipinski definition) is 0. The molecule has 0 spiro atoms. The summed E-state index contributed by atoms with van der Waals surface area (Å²) in [6, 6.07) is 15.3. The molecule has 0 N–H and O–H groups in total. The molecule has 0 saturated heterocycles. The summed E-state index contributed by atoms with van der Waals surface area (Å²) in [7, 11) is 0. The van der Waals surface area contributed by atoms with Crippen molar-refractivity contribution in [3.63, 3.8) is 0 Å². The van der Waals surface area contributed by atoms with Crippen LogP contribution in [0.25, 0.3) is 10.6 Å². The molecule has 0 amide bonds. The van der Waals surface area contributed by atoms with Crippen LogP contribution in [0, 0.1) is 13.8 Å². The van der Waals surface area contributed by atoms with Crippen LogP contribution in [-0.2, 0) is 13.2 Å². The molecule has 0 aliphatic heterocycles. The van der Waals surface area contributed by atoms with E-state index in [1.165, 1.54) is 26.5 Å². The van der Waals surface area contributed by atoms with Gasteiger partial charge in [-0.3, -0.25) is 4.79 Å². The molecular formula is C21H19N3O2S2. The van der Waals surface area contributed by atoms with Crippen molar-refractivity contribution in [2.45, 2.75) is 27.0 Å². The second-order valence-corrected chi connectivity index (χ2v) is 8.69. The Morgan fingerprint density at radius 2 is 1.86 bits per heavy atom. The van der Waals surface area contributed by atoms with Crippen molar-refractivity contribution in [1.29, 1.82) is 0 Å². The zero-order valence-electron chi connectivity index (χ0n) is 15.6. The summed E-state index contributed by atoms with van der Waals surface area (Å²) in [5, 5.41) is 7.33. The largest absolute Gasteiger partial charge is 0.486 e. The highest BCUT2D eigenvalue weighted by Gasteiger charge is 2.09. The Hall–Kier alpha value is -2.77. The number of rotatable bonds is 6. The van der Waals surface area contributed by atoms with Gasteiger partial charge >= 0.3 is 0 Å². The van der Waals surface area contributed by atoms with Crippen molar-refractivity contribution in [3.8, 4) is 16.3 Å². The molecule has 0 aliphatic carbocycles. The fourth-order valence-electron chi connectivity index (χ4n) is 2.69. The summed E-state index contributed by atoms with van der Waals surface area (Å²) in [5.74, 6) is 0.819. The summed E-state index contributed by atoms with van der Waals surface area (Å²) in [6.45, 7) is 4.85. The molecule has 28 heavy (non-hydrogen) atoms. The highest BCUT2D eigenvalue weighted by Crippen LogP contribution is 2.25. The van der Waals surface area contributed by atoms with Gasteiger partial charge in [0.15, 0.2) is 0 Å². The second-order valence-electron chi connectivity index (χ2n) is 6.46. The van der Waals surface area contributed by atoms with E-state index in [-0.39, 0.29) is 5.56 Å². The van der Waals surface area contributed by atoms with E-state index >= 15 is 0 Å². The Kier molecular flexibility index (Phi) is 5.36. The maximum Gasteiger partial charge on any atom is 0.267 e. The lowest BCUT2D eigenvalue weighted by molar-refractivity contribution is 0.305. The third-order valence-electron chi connectivity index (χ3n) is 4.15. The zero-order chi connectivity index (χ0) is 19.5. The number of thiophene rings is 1. The minimum absolute atomic E-state index is 0.137. The maximum atomic E-state index is 12.2. The lowest BCUT2D eigenvalue weighted by Gasteiger charge is -2.05. The molecule has 0 fully saturated rings. The van der Waals surface area contributed by atoms with Gasteiger partial charge in [-0.1, -0.05) is 17.7 Å². The van der Waals surface area contributed by atoms with Crippen LogP contribution in [-0.4, -0.2) is 14.8 Å². The van der Waals surface area contributed by atoms with Crippen LogP contribution < -0.4 is 10.3 Å². The Balaban J connectivity index is 1.46. The van der Waals surface area contributed by atoms with Crippen molar-refractivity contribution < 1.29 is 4.74 Å². The molecule has 142 valence electrons. The molecule has 0 saturated carbocycles. The van der Waals surface area contributed by atoms with Gasteiger partial charge in [0, 0.05) is 16.3 Å². The monoisotopic (exact) mass is 409 g/mol. The van der Waals surface area contributed by atoms with Gasteiger partial charge in [-0.05, 0) is 44.2 Å². The predicted octanol–water partition coefficient (Wildman–Crippen LogP) is 4.67. The lowest BCUT2D eigenvalue weighted by atomic mass is 10.2. The average molecular weight is 410 g/mol.